The van der Waals surface area contributed by atoms with E-state index in [1.165, 1.54) is 16.9 Å². The van der Waals surface area contributed by atoms with E-state index in [-0.39, 0.29) is 18.2 Å². The molecule has 1 aromatic heterocycles. The number of thiophene rings is 1. The van der Waals surface area contributed by atoms with Gasteiger partial charge in [0.15, 0.2) is 0 Å². The van der Waals surface area contributed by atoms with Crippen molar-refractivity contribution in [1.29, 1.82) is 0 Å². The van der Waals surface area contributed by atoms with E-state index in [4.69, 9.17) is 4.74 Å². The van der Waals surface area contributed by atoms with E-state index in [0.29, 0.717) is 11.4 Å². The van der Waals surface area contributed by atoms with E-state index in [1.807, 2.05) is 23.6 Å². The molecule has 1 aliphatic rings. The van der Waals surface area contributed by atoms with Gasteiger partial charge in [0.1, 0.15) is 0 Å². The van der Waals surface area contributed by atoms with E-state index >= 15 is 0 Å². The average Bonchev–Trinajstić information content (AvgIpc) is 3.23. The standard InChI is InChI=1S/C20H25N3O3S/c24-19(7-9-21-20(25)18-2-1-15-27-18)22-17-5-3-16(4-6-17)8-10-23-11-13-26-14-12-23/h1-6,15H,7-14H2,(H,21,25)(H,22,24). The number of carbonyl (C=O) groups is 2. The molecule has 0 bridgehead atoms. The molecule has 1 aromatic carbocycles. The first-order valence-electron chi connectivity index (χ1n) is 9.21. The Morgan fingerprint density at radius 1 is 1.11 bits per heavy atom. The Morgan fingerprint density at radius 3 is 2.59 bits per heavy atom. The molecule has 0 spiro atoms. The Hall–Kier alpha value is -2.22. The fourth-order valence-corrected chi connectivity index (χ4v) is 3.51. The Kier molecular flexibility index (Phi) is 7.38. The Bertz CT molecular complexity index is 725. The van der Waals surface area contributed by atoms with Crippen molar-refractivity contribution in [3.8, 4) is 0 Å². The number of nitrogens with zero attached hydrogens (tertiary/aromatic N) is 1. The molecule has 0 radical (unpaired) electrons. The second-order valence-electron chi connectivity index (χ2n) is 6.43. The fraction of sp³-hybridized carbons (Fsp3) is 0.400. The fourth-order valence-electron chi connectivity index (χ4n) is 2.87. The first kappa shape index (κ1) is 19.5. The van der Waals surface area contributed by atoms with Crippen LogP contribution in [0.25, 0.3) is 0 Å². The summed E-state index contributed by atoms with van der Waals surface area (Å²) >= 11 is 1.38. The first-order valence-corrected chi connectivity index (χ1v) is 10.1. The number of anilines is 1. The molecule has 0 saturated carbocycles. The van der Waals surface area contributed by atoms with Crippen LogP contribution < -0.4 is 10.6 Å². The van der Waals surface area contributed by atoms with E-state index in [9.17, 15) is 9.59 Å². The summed E-state index contributed by atoms with van der Waals surface area (Å²) < 4.78 is 5.36. The lowest BCUT2D eigenvalue weighted by atomic mass is 10.1. The number of benzene rings is 1. The molecule has 7 heteroatoms. The maximum Gasteiger partial charge on any atom is 0.261 e. The van der Waals surface area contributed by atoms with Gasteiger partial charge in [-0.2, -0.15) is 0 Å². The molecule has 1 aliphatic heterocycles. The minimum Gasteiger partial charge on any atom is -0.379 e. The number of ether oxygens (including phenoxy) is 1. The van der Waals surface area contributed by atoms with Crippen LogP contribution in [0.1, 0.15) is 21.7 Å². The molecule has 2 aromatic rings. The number of rotatable bonds is 8. The zero-order valence-corrected chi connectivity index (χ0v) is 16.1. The highest BCUT2D eigenvalue weighted by Gasteiger charge is 2.10. The minimum atomic E-state index is -0.137. The molecule has 1 fully saturated rings. The normalized spacial score (nSPS) is 14.7. The number of nitrogens with one attached hydrogen (secondary N) is 2. The van der Waals surface area contributed by atoms with Crippen molar-refractivity contribution in [2.24, 2.45) is 0 Å². The van der Waals surface area contributed by atoms with Crippen molar-refractivity contribution in [3.05, 3.63) is 52.2 Å². The van der Waals surface area contributed by atoms with Gasteiger partial charge in [0, 0.05) is 38.3 Å². The summed E-state index contributed by atoms with van der Waals surface area (Å²) in [7, 11) is 0. The third kappa shape index (κ3) is 6.46. The molecule has 2 amide bonds. The van der Waals surface area contributed by atoms with Gasteiger partial charge in [-0.3, -0.25) is 14.5 Å². The summed E-state index contributed by atoms with van der Waals surface area (Å²) in [6.45, 7) is 4.98. The van der Waals surface area contributed by atoms with Gasteiger partial charge in [-0.25, -0.2) is 0 Å². The van der Waals surface area contributed by atoms with Crippen LogP contribution in [-0.4, -0.2) is 56.1 Å². The van der Waals surface area contributed by atoms with E-state index < -0.39 is 0 Å². The van der Waals surface area contributed by atoms with Gasteiger partial charge in [-0.15, -0.1) is 11.3 Å². The topological polar surface area (TPSA) is 70.7 Å². The van der Waals surface area contributed by atoms with E-state index in [2.05, 4.69) is 27.7 Å². The Morgan fingerprint density at radius 2 is 1.89 bits per heavy atom. The highest BCUT2D eigenvalue weighted by Crippen LogP contribution is 2.12. The number of carbonyl (C=O) groups excluding carboxylic acids is 2. The summed E-state index contributed by atoms with van der Waals surface area (Å²) in [4.78, 5) is 26.9. The van der Waals surface area contributed by atoms with E-state index in [0.717, 1.165) is 45.0 Å². The monoisotopic (exact) mass is 387 g/mol. The third-order valence-corrected chi connectivity index (χ3v) is 5.31. The largest absolute Gasteiger partial charge is 0.379 e. The van der Waals surface area contributed by atoms with Crippen LogP contribution >= 0.6 is 11.3 Å². The lowest BCUT2D eigenvalue weighted by Gasteiger charge is -2.26. The van der Waals surface area contributed by atoms with Crippen molar-refractivity contribution in [2.75, 3.05) is 44.7 Å². The molecule has 1 saturated heterocycles. The zero-order chi connectivity index (χ0) is 18.9. The van der Waals surface area contributed by atoms with Crippen molar-refractivity contribution in [2.45, 2.75) is 12.8 Å². The van der Waals surface area contributed by atoms with Crippen LogP contribution in [0.15, 0.2) is 41.8 Å². The molecular weight excluding hydrogens is 362 g/mol. The van der Waals surface area contributed by atoms with Crippen LogP contribution in [0, 0.1) is 0 Å². The highest BCUT2D eigenvalue weighted by molar-refractivity contribution is 7.12. The van der Waals surface area contributed by atoms with Gasteiger partial charge in [-0.1, -0.05) is 18.2 Å². The lowest BCUT2D eigenvalue weighted by molar-refractivity contribution is -0.116. The van der Waals surface area contributed by atoms with Gasteiger partial charge < -0.3 is 15.4 Å². The quantitative estimate of drug-likeness (QED) is 0.730. The summed E-state index contributed by atoms with van der Waals surface area (Å²) in [5.41, 5.74) is 2.03. The van der Waals surface area contributed by atoms with Crippen molar-refractivity contribution in [1.82, 2.24) is 10.2 Å². The van der Waals surface area contributed by atoms with Crippen LogP contribution in [0.2, 0.25) is 0 Å². The van der Waals surface area contributed by atoms with Gasteiger partial charge >= 0.3 is 0 Å². The molecule has 6 nitrogen and oxygen atoms in total. The predicted molar refractivity (Wildman–Crippen MR) is 107 cm³/mol. The molecule has 0 aliphatic carbocycles. The Labute approximate surface area is 163 Å². The average molecular weight is 388 g/mol. The SMILES string of the molecule is O=C(CCNC(=O)c1cccs1)Nc1ccc(CCN2CCOCC2)cc1. The molecular formula is C20H25N3O3S. The van der Waals surface area contributed by atoms with Crippen LogP contribution in [0.4, 0.5) is 5.69 Å². The van der Waals surface area contributed by atoms with Gasteiger partial charge in [0.05, 0.1) is 18.1 Å². The van der Waals surface area contributed by atoms with Gasteiger partial charge in [0.25, 0.3) is 5.91 Å². The van der Waals surface area contributed by atoms with Crippen LogP contribution in [0.3, 0.4) is 0 Å². The minimum absolute atomic E-state index is 0.109. The van der Waals surface area contributed by atoms with Crippen molar-refractivity contribution >= 4 is 28.8 Å². The molecule has 0 unspecified atom stereocenters. The molecule has 2 N–H and O–H groups in total. The highest BCUT2D eigenvalue weighted by atomic mass is 32.1. The van der Waals surface area contributed by atoms with Crippen molar-refractivity contribution < 1.29 is 14.3 Å². The third-order valence-electron chi connectivity index (χ3n) is 4.44. The predicted octanol–water partition coefficient (Wildman–Crippen LogP) is 2.38. The number of morpholine rings is 1. The number of hydrogen-bond donors (Lipinski definition) is 2. The Balaban J connectivity index is 1.35. The second-order valence-corrected chi connectivity index (χ2v) is 7.38. The van der Waals surface area contributed by atoms with Gasteiger partial charge in [0.2, 0.25) is 5.91 Å². The molecule has 2 heterocycles. The smallest absolute Gasteiger partial charge is 0.261 e. The molecule has 144 valence electrons. The molecule has 3 rings (SSSR count). The molecule has 27 heavy (non-hydrogen) atoms. The zero-order valence-electron chi connectivity index (χ0n) is 15.3. The van der Waals surface area contributed by atoms with E-state index in [1.54, 1.807) is 6.07 Å². The summed E-state index contributed by atoms with van der Waals surface area (Å²) in [5.74, 6) is -0.245. The lowest BCUT2D eigenvalue weighted by Crippen LogP contribution is -2.37. The van der Waals surface area contributed by atoms with Crippen molar-refractivity contribution in [3.63, 3.8) is 0 Å². The summed E-state index contributed by atoms with van der Waals surface area (Å²) in [6.07, 6.45) is 1.23. The number of amides is 2. The van der Waals surface area contributed by atoms with Crippen LogP contribution in [0.5, 0.6) is 0 Å². The van der Waals surface area contributed by atoms with Crippen LogP contribution in [-0.2, 0) is 16.0 Å². The summed E-state index contributed by atoms with van der Waals surface area (Å²) in [5, 5.41) is 7.48. The number of hydrogen-bond acceptors (Lipinski definition) is 5. The summed E-state index contributed by atoms with van der Waals surface area (Å²) in [6, 6.07) is 11.5. The second kappa shape index (κ2) is 10.2. The van der Waals surface area contributed by atoms with Gasteiger partial charge in [-0.05, 0) is 35.6 Å². The maximum atomic E-state index is 12.0. The first-order chi connectivity index (χ1) is 13.2. The maximum absolute atomic E-state index is 12.0. The molecule has 0 atom stereocenters.